The maximum Gasteiger partial charge on any atom is 0.421 e. The fourth-order valence-electron chi connectivity index (χ4n) is 1.91. The van der Waals surface area contributed by atoms with Gasteiger partial charge < -0.3 is 16.4 Å². The van der Waals surface area contributed by atoms with Crippen LogP contribution in [0.25, 0.3) is 0 Å². The van der Waals surface area contributed by atoms with Crippen LogP contribution < -0.4 is 16.4 Å². The minimum atomic E-state index is -4.50. The molecule has 1 aromatic carbocycles. The summed E-state index contributed by atoms with van der Waals surface area (Å²) in [5, 5.41) is 5.62. The number of aromatic nitrogens is 2. The molecule has 1 aliphatic rings. The summed E-state index contributed by atoms with van der Waals surface area (Å²) < 4.78 is 38.9. The normalized spacial score (nSPS) is 14.7. The zero-order chi connectivity index (χ0) is 15.7. The zero-order valence-electron chi connectivity index (χ0n) is 11.5. The molecule has 0 unspecified atom stereocenters. The summed E-state index contributed by atoms with van der Waals surface area (Å²) in [6.07, 6.45) is -2.04. The van der Waals surface area contributed by atoms with Crippen LogP contribution in [-0.4, -0.2) is 16.0 Å². The van der Waals surface area contributed by atoms with Gasteiger partial charge in [-0.15, -0.1) is 0 Å². The van der Waals surface area contributed by atoms with Crippen LogP contribution in [-0.2, 0) is 6.18 Å². The maximum atomic E-state index is 13.0. The molecule has 0 atom stereocenters. The highest BCUT2D eigenvalue weighted by Gasteiger charge is 2.36. The van der Waals surface area contributed by atoms with Gasteiger partial charge in [0.25, 0.3) is 0 Å². The Hall–Kier alpha value is -2.51. The number of rotatable bonds is 4. The molecule has 1 aliphatic carbocycles. The van der Waals surface area contributed by atoms with E-state index in [1.807, 2.05) is 0 Å². The van der Waals surface area contributed by atoms with Gasteiger partial charge in [0.05, 0.1) is 11.4 Å². The average Bonchev–Trinajstić information content (AvgIpc) is 3.24. The molecular weight excluding hydrogens is 295 g/mol. The topological polar surface area (TPSA) is 75.9 Å². The molecule has 0 bridgehead atoms. The minimum Gasteiger partial charge on any atom is -0.397 e. The van der Waals surface area contributed by atoms with Crippen LogP contribution in [0.2, 0.25) is 0 Å². The molecule has 3 rings (SSSR count). The van der Waals surface area contributed by atoms with Crippen molar-refractivity contribution in [3.05, 3.63) is 36.0 Å². The zero-order valence-corrected chi connectivity index (χ0v) is 11.5. The third-order valence-corrected chi connectivity index (χ3v) is 3.22. The van der Waals surface area contributed by atoms with E-state index in [4.69, 9.17) is 5.73 Å². The van der Waals surface area contributed by atoms with Crippen molar-refractivity contribution >= 4 is 23.1 Å². The lowest BCUT2D eigenvalue weighted by atomic mass is 10.2. The molecule has 1 saturated carbocycles. The first kappa shape index (κ1) is 14.4. The van der Waals surface area contributed by atoms with Gasteiger partial charge in [-0.05, 0) is 25.0 Å². The lowest BCUT2D eigenvalue weighted by molar-refractivity contribution is -0.137. The first-order chi connectivity index (χ1) is 10.4. The van der Waals surface area contributed by atoms with Gasteiger partial charge in [-0.2, -0.15) is 18.2 Å². The predicted molar refractivity (Wildman–Crippen MR) is 77.8 cm³/mol. The minimum absolute atomic E-state index is 0.0469. The van der Waals surface area contributed by atoms with E-state index in [9.17, 15) is 13.2 Å². The van der Waals surface area contributed by atoms with Gasteiger partial charge in [-0.3, -0.25) is 0 Å². The summed E-state index contributed by atoms with van der Waals surface area (Å²) in [6.45, 7) is 0. The number of nitrogens with one attached hydrogen (secondary N) is 2. The molecule has 0 aliphatic heterocycles. The van der Waals surface area contributed by atoms with Crippen molar-refractivity contribution in [2.24, 2.45) is 0 Å². The Balaban J connectivity index is 1.91. The van der Waals surface area contributed by atoms with Gasteiger partial charge in [0.1, 0.15) is 11.4 Å². The Bertz CT molecular complexity index is 682. The Morgan fingerprint density at radius 3 is 2.55 bits per heavy atom. The maximum absolute atomic E-state index is 13.0. The van der Waals surface area contributed by atoms with E-state index in [0.717, 1.165) is 19.0 Å². The molecule has 0 amide bonds. The first-order valence-corrected chi connectivity index (χ1v) is 6.76. The van der Waals surface area contributed by atoms with Crippen LogP contribution in [0.4, 0.5) is 36.3 Å². The smallest absolute Gasteiger partial charge is 0.397 e. The molecule has 1 fully saturated rings. The number of alkyl halides is 3. The van der Waals surface area contributed by atoms with E-state index in [0.29, 0.717) is 11.4 Å². The highest BCUT2D eigenvalue weighted by Crippen LogP contribution is 2.36. The molecule has 1 heterocycles. The molecule has 4 N–H and O–H groups in total. The van der Waals surface area contributed by atoms with Crippen molar-refractivity contribution in [3.8, 4) is 0 Å². The molecule has 0 radical (unpaired) electrons. The van der Waals surface area contributed by atoms with E-state index < -0.39 is 11.7 Å². The van der Waals surface area contributed by atoms with Gasteiger partial charge in [0, 0.05) is 12.2 Å². The lowest BCUT2D eigenvalue weighted by Crippen LogP contribution is -2.15. The van der Waals surface area contributed by atoms with E-state index >= 15 is 0 Å². The van der Waals surface area contributed by atoms with Gasteiger partial charge >= 0.3 is 6.18 Å². The third kappa shape index (κ3) is 3.21. The number of benzene rings is 1. The predicted octanol–water partition coefficient (Wildman–Crippen LogP) is 3.40. The van der Waals surface area contributed by atoms with Crippen molar-refractivity contribution in [2.75, 3.05) is 16.4 Å². The highest BCUT2D eigenvalue weighted by molar-refractivity contribution is 5.70. The largest absolute Gasteiger partial charge is 0.421 e. The fraction of sp³-hybridized carbons (Fsp3) is 0.286. The van der Waals surface area contributed by atoms with E-state index in [2.05, 4.69) is 20.6 Å². The van der Waals surface area contributed by atoms with E-state index in [-0.39, 0.29) is 17.8 Å². The highest BCUT2D eigenvalue weighted by atomic mass is 19.4. The van der Waals surface area contributed by atoms with Gasteiger partial charge in [-0.1, -0.05) is 12.1 Å². The van der Waals surface area contributed by atoms with Crippen LogP contribution in [0.5, 0.6) is 0 Å². The second-order valence-corrected chi connectivity index (χ2v) is 5.08. The summed E-state index contributed by atoms with van der Waals surface area (Å²) in [5.74, 6) is -0.143. The molecule has 22 heavy (non-hydrogen) atoms. The van der Waals surface area contributed by atoms with Crippen LogP contribution in [0.3, 0.4) is 0 Å². The number of nitrogens with two attached hydrogens (primary N) is 1. The molecular formula is C14H14F3N5. The third-order valence-electron chi connectivity index (χ3n) is 3.22. The van der Waals surface area contributed by atoms with Crippen LogP contribution in [0.15, 0.2) is 30.5 Å². The van der Waals surface area contributed by atoms with E-state index in [1.54, 1.807) is 24.3 Å². The summed E-state index contributed by atoms with van der Waals surface area (Å²) in [4.78, 5) is 7.68. The van der Waals surface area contributed by atoms with Crippen LogP contribution in [0.1, 0.15) is 18.4 Å². The number of nitrogen functional groups attached to an aromatic ring is 1. The molecule has 116 valence electrons. The lowest BCUT2D eigenvalue weighted by Gasteiger charge is -2.15. The molecule has 1 aromatic heterocycles. The van der Waals surface area contributed by atoms with Crippen LogP contribution >= 0.6 is 0 Å². The number of anilines is 4. The summed E-state index contributed by atoms with van der Waals surface area (Å²) in [5.41, 5.74) is 5.92. The molecule has 0 spiro atoms. The Kier molecular flexibility index (Phi) is 3.51. The molecule has 5 nitrogen and oxygen atoms in total. The van der Waals surface area contributed by atoms with Crippen molar-refractivity contribution in [2.45, 2.75) is 25.1 Å². The standard InChI is InChI=1S/C14H14F3N5/c15-14(16,17)9-7-19-13(22-12(9)20-8-5-6-8)21-11-4-2-1-3-10(11)18/h1-4,7-8H,5-6,18H2,(H2,19,20,21,22). The number of hydrogen-bond donors (Lipinski definition) is 3. The fourth-order valence-corrected chi connectivity index (χ4v) is 1.91. The van der Waals surface area contributed by atoms with Crippen molar-refractivity contribution in [1.82, 2.24) is 9.97 Å². The van der Waals surface area contributed by atoms with Crippen molar-refractivity contribution < 1.29 is 13.2 Å². The number of nitrogens with zero attached hydrogens (tertiary/aromatic N) is 2. The summed E-state index contributed by atoms with van der Waals surface area (Å²) in [6, 6.07) is 6.94. The molecule has 2 aromatic rings. The number of para-hydroxylation sites is 2. The monoisotopic (exact) mass is 309 g/mol. The van der Waals surface area contributed by atoms with E-state index in [1.165, 1.54) is 0 Å². The van der Waals surface area contributed by atoms with Gasteiger partial charge in [-0.25, -0.2) is 4.98 Å². The second-order valence-electron chi connectivity index (χ2n) is 5.08. The Morgan fingerprint density at radius 2 is 1.91 bits per heavy atom. The first-order valence-electron chi connectivity index (χ1n) is 6.76. The Labute approximate surface area is 124 Å². The number of halogens is 3. The van der Waals surface area contributed by atoms with Gasteiger partial charge in [0.15, 0.2) is 0 Å². The van der Waals surface area contributed by atoms with Crippen molar-refractivity contribution in [1.29, 1.82) is 0 Å². The SMILES string of the molecule is Nc1ccccc1Nc1ncc(C(F)(F)F)c(NC2CC2)n1. The van der Waals surface area contributed by atoms with Gasteiger partial charge in [0.2, 0.25) is 5.95 Å². The Morgan fingerprint density at radius 1 is 1.18 bits per heavy atom. The summed E-state index contributed by atoms with van der Waals surface area (Å²) in [7, 11) is 0. The second kappa shape index (κ2) is 5.36. The molecule has 0 saturated heterocycles. The average molecular weight is 309 g/mol. The van der Waals surface area contributed by atoms with Crippen LogP contribution in [0, 0.1) is 0 Å². The number of hydrogen-bond acceptors (Lipinski definition) is 5. The quantitative estimate of drug-likeness (QED) is 0.755. The molecule has 8 heteroatoms. The van der Waals surface area contributed by atoms with Crippen molar-refractivity contribution in [3.63, 3.8) is 0 Å². The summed E-state index contributed by atoms with van der Waals surface area (Å²) >= 11 is 0.